The SMILES string of the molecule is Cc1ccc(-c2nnnn2CCC(C)C(=O)O)cc1Br. The molecule has 2 aromatic rings. The number of carbonyl (C=O) groups is 1. The van der Waals surface area contributed by atoms with E-state index in [1.807, 2.05) is 25.1 Å². The lowest BCUT2D eigenvalue weighted by atomic mass is 10.1. The van der Waals surface area contributed by atoms with Gasteiger partial charge in [-0.15, -0.1) is 5.10 Å². The van der Waals surface area contributed by atoms with E-state index in [1.54, 1.807) is 11.6 Å². The quantitative estimate of drug-likeness (QED) is 0.905. The lowest BCUT2D eigenvalue weighted by molar-refractivity contribution is -0.141. The summed E-state index contributed by atoms with van der Waals surface area (Å²) in [7, 11) is 0. The van der Waals surface area contributed by atoms with Gasteiger partial charge in [0.2, 0.25) is 0 Å². The standard InChI is InChI=1S/C13H15BrN4O2/c1-8-3-4-10(7-11(8)14)12-15-16-17-18(12)6-5-9(2)13(19)20/h3-4,7,9H,5-6H2,1-2H3,(H,19,20). The summed E-state index contributed by atoms with van der Waals surface area (Å²) in [5.41, 5.74) is 2.03. The number of aryl methyl sites for hydroxylation is 2. The highest BCUT2D eigenvalue weighted by molar-refractivity contribution is 9.10. The summed E-state index contributed by atoms with van der Waals surface area (Å²) in [5, 5.41) is 20.5. The minimum atomic E-state index is -0.808. The molecule has 0 amide bonds. The van der Waals surface area contributed by atoms with Gasteiger partial charge in [0.15, 0.2) is 5.82 Å². The average Bonchev–Trinajstić information content (AvgIpc) is 2.87. The van der Waals surface area contributed by atoms with Crippen LogP contribution in [0.15, 0.2) is 22.7 Å². The number of tetrazole rings is 1. The number of hydrogen-bond acceptors (Lipinski definition) is 4. The molecule has 7 heteroatoms. The monoisotopic (exact) mass is 338 g/mol. The molecule has 0 aliphatic rings. The largest absolute Gasteiger partial charge is 0.481 e. The molecule has 1 N–H and O–H groups in total. The molecule has 0 saturated carbocycles. The summed E-state index contributed by atoms with van der Waals surface area (Å²) in [4.78, 5) is 10.8. The third kappa shape index (κ3) is 3.22. The second kappa shape index (κ2) is 6.13. The van der Waals surface area contributed by atoms with Crippen LogP contribution in [-0.2, 0) is 11.3 Å². The van der Waals surface area contributed by atoms with Crippen molar-refractivity contribution >= 4 is 21.9 Å². The summed E-state index contributed by atoms with van der Waals surface area (Å²) in [6, 6.07) is 5.89. The van der Waals surface area contributed by atoms with Crippen molar-refractivity contribution in [3.8, 4) is 11.4 Å². The van der Waals surface area contributed by atoms with Crippen molar-refractivity contribution in [2.45, 2.75) is 26.8 Å². The summed E-state index contributed by atoms with van der Waals surface area (Å²) in [6.45, 7) is 4.15. The first-order valence-electron chi connectivity index (χ1n) is 6.24. The van der Waals surface area contributed by atoms with Crippen molar-refractivity contribution in [3.05, 3.63) is 28.2 Å². The molecule has 20 heavy (non-hydrogen) atoms. The maximum Gasteiger partial charge on any atom is 0.306 e. The number of aliphatic carboxylic acids is 1. The summed E-state index contributed by atoms with van der Waals surface area (Å²) >= 11 is 3.48. The first kappa shape index (κ1) is 14.6. The molecule has 0 spiro atoms. The van der Waals surface area contributed by atoms with Gasteiger partial charge in [-0.25, -0.2) is 4.68 Å². The van der Waals surface area contributed by atoms with Gasteiger partial charge in [0.05, 0.1) is 5.92 Å². The van der Waals surface area contributed by atoms with Crippen molar-refractivity contribution in [1.82, 2.24) is 20.2 Å². The Morgan fingerprint density at radius 3 is 2.90 bits per heavy atom. The van der Waals surface area contributed by atoms with E-state index >= 15 is 0 Å². The smallest absolute Gasteiger partial charge is 0.306 e. The van der Waals surface area contributed by atoms with Crippen LogP contribution in [0, 0.1) is 12.8 Å². The summed E-state index contributed by atoms with van der Waals surface area (Å²) < 4.78 is 2.62. The number of benzene rings is 1. The van der Waals surface area contributed by atoms with E-state index in [4.69, 9.17) is 5.11 Å². The first-order chi connectivity index (χ1) is 9.49. The molecule has 2 rings (SSSR count). The van der Waals surface area contributed by atoms with E-state index in [1.165, 1.54) is 0 Å². The zero-order chi connectivity index (χ0) is 14.7. The van der Waals surface area contributed by atoms with Crippen molar-refractivity contribution in [3.63, 3.8) is 0 Å². The minimum Gasteiger partial charge on any atom is -0.481 e. The Hall–Kier alpha value is -1.76. The van der Waals surface area contributed by atoms with Gasteiger partial charge in [0.1, 0.15) is 0 Å². The van der Waals surface area contributed by atoms with E-state index in [0.717, 1.165) is 15.6 Å². The predicted molar refractivity (Wildman–Crippen MR) is 77.1 cm³/mol. The maximum atomic E-state index is 10.8. The van der Waals surface area contributed by atoms with Crippen LogP contribution in [0.25, 0.3) is 11.4 Å². The number of aromatic nitrogens is 4. The number of nitrogens with zero attached hydrogens (tertiary/aromatic N) is 4. The lowest BCUT2D eigenvalue weighted by Crippen LogP contribution is -2.14. The number of rotatable bonds is 5. The average molecular weight is 339 g/mol. The molecule has 1 heterocycles. The highest BCUT2D eigenvalue weighted by atomic mass is 79.9. The molecule has 0 radical (unpaired) electrons. The third-order valence-corrected chi connectivity index (χ3v) is 4.01. The zero-order valence-electron chi connectivity index (χ0n) is 11.2. The van der Waals surface area contributed by atoms with Crippen LogP contribution in [0.1, 0.15) is 18.9 Å². The second-order valence-electron chi connectivity index (χ2n) is 4.72. The van der Waals surface area contributed by atoms with E-state index < -0.39 is 11.9 Å². The van der Waals surface area contributed by atoms with Crippen LogP contribution in [0.5, 0.6) is 0 Å². The van der Waals surface area contributed by atoms with Crippen molar-refractivity contribution in [2.24, 2.45) is 5.92 Å². The Morgan fingerprint density at radius 2 is 2.25 bits per heavy atom. The molecule has 0 saturated heterocycles. The van der Waals surface area contributed by atoms with Gasteiger partial charge in [-0.1, -0.05) is 35.0 Å². The van der Waals surface area contributed by atoms with Gasteiger partial charge in [-0.2, -0.15) is 0 Å². The first-order valence-corrected chi connectivity index (χ1v) is 7.04. The summed E-state index contributed by atoms with van der Waals surface area (Å²) in [6.07, 6.45) is 0.487. The van der Waals surface area contributed by atoms with Gasteiger partial charge in [-0.3, -0.25) is 4.79 Å². The zero-order valence-corrected chi connectivity index (χ0v) is 12.8. The van der Waals surface area contributed by atoms with Crippen molar-refractivity contribution < 1.29 is 9.90 Å². The van der Waals surface area contributed by atoms with Crippen LogP contribution in [0.2, 0.25) is 0 Å². The Labute approximate surface area is 124 Å². The molecule has 0 bridgehead atoms. The van der Waals surface area contributed by atoms with Gasteiger partial charge in [0.25, 0.3) is 0 Å². The van der Waals surface area contributed by atoms with Gasteiger partial charge in [-0.05, 0) is 35.4 Å². The fourth-order valence-electron chi connectivity index (χ4n) is 1.73. The number of hydrogen-bond donors (Lipinski definition) is 1. The Bertz CT molecular complexity index is 627. The lowest BCUT2D eigenvalue weighted by Gasteiger charge is -2.08. The fourth-order valence-corrected chi connectivity index (χ4v) is 2.11. The van der Waals surface area contributed by atoms with Crippen molar-refractivity contribution in [1.29, 1.82) is 0 Å². The van der Waals surface area contributed by atoms with Crippen LogP contribution < -0.4 is 0 Å². The second-order valence-corrected chi connectivity index (χ2v) is 5.57. The Balaban J connectivity index is 2.19. The fraction of sp³-hybridized carbons (Fsp3) is 0.385. The topological polar surface area (TPSA) is 80.9 Å². The van der Waals surface area contributed by atoms with E-state index in [2.05, 4.69) is 31.5 Å². The number of halogens is 1. The minimum absolute atomic E-state index is 0.420. The normalized spacial score (nSPS) is 12.3. The van der Waals surface area contributed by atoms with E-state index in [0.29, 0.717) is 18.8 Å². The molecule has 1 aromatic heterocycles. The molecule has 0 aliphatic carbocycles. The summed E-state index contributed by atoms with van der Waals surface area (Å²) in [5.74, 6) is -0.585. The van der Waals surface area contributed by atoms with E-state index in [9.17, 15) is 4.79 Å². The molecule has 1 atom stereocenters. The molecule has 0 aliphatic heterocycles. The van der Waals surface area contributed by atoms with Crippen LogP contribution >= 0.6 is 15.9 Å². The molecule has 1 unspecified atom stereocenters. The molecule has 106 valence electrons. The maximum absolute atomic E-state index is 10.8. The Kier molecular flexibility index (Phi) is 4.49. The van der Waals surface area contributed by atoms with Gasteiger partial charge in [0, 0.05) is 16.6 Å². The van der Waals surface area contributed by atoms with Crippen molar-refractivity contribution in [2.75, 3.05) is 0 Å². The van der Waals surface area contributed by atoms with Gasteiger partial charge >= 0.3 is 5.97 Å². The predicted octanol–water partition coefficient (Wildman–Crippen LogP) is 2.52. The van der Waals surface area contributed by atoms with Crippen LogP contribution in [0.3, 0.4) is 0 Å². The Morgan fingerprint density at radius 1 is 1.50 bits per heavy atom. The number of carboxylic acids is 1. The van der Waals surface area contributed by atoms with Crippen LogP contribution in [-0.4, -0.2) is 31.3 Å². The highest BCUT2D eigenvalue weighted by Crippen LogP contribution is 2.24. The molecular weight excluding hydrogens is 324 g/mol. The van der Waals surface area contributed by atoms with E-state index in [-0.39, 0.29) is 0 Å². The molecule has 1 aromatic carbocycles. The van der Waals surface area contributed by atoms with Crippen LogP contribution in [0.4, 0.5) is 0 Å². The number of carboxylic acid groups (broad SMARTS) is 1. The molecule has 6 nitrogen and oxygen atoms in total. The third-order valence-electron chi connectivity index (χ3n) is 3.16. The van der Waals surface area contributed by atoms with Gasteiger partial charge < -0.3 is 5.11 Å². The highest BCUT2D eigenvalue weighted by Gasteiger charge is 2.14. The molecular formula is C13H15BrN4O2. The molecule has 0 fully saturated rings.